The first-order valence-corrected chi connectivity index (χ1v) is 5.66. The minimum absolute atomic E-state index is 0. The molecular weight excluding hydrogens is 435 g/mol. The van der Waals surface area contributed by atoms with Crippen molar-refractivity contribution in [2.75, 3.05) is 0 Å². The van der Waals surface area contributed by atoms with Gasteiger partial charge in [-0.05, 0) is 23.9 Å². The molecule has 0 unspecified atom stereocenters. The standard InChI is InChI=1S/C13H10ClN2O2.W/c14-10-6-7-12(15)16-11(10)8-13(17)18-9-4-2-1-3-5-9;/h1-7H,8H2,(H-,15,16);/q-1;. The molecule has 2 rings (SSSR count). The third kappa shape index (κ3) is 4.66. The summed E-state index contributed by atoms with van der Waals surface area (Å²) in [4.78, 5) is 15.6. The molecule has 0 aliphatic carbocycles. The summed E-state index contributed by atoms with van der Waals surface area (Å²) in [5.74, 6) is 0.0868. The van der Waals surface area contributed by atoms with E-state index in [0.717, 1.165) is 0 Å². The Morgan fingerprint density at radius 1 is 1.21 bits per heavy atom. The molecule has 0 aliphatic heterocycles. The molecule has 4 nitrogen and oxygen atoms in total. The van der Waals surface area contributed by atoms with Crippen LogP contribution in [-0.2, 0) is 32.3 Å². The molecule has 6 heteroatoms. The van der Waals surface area contributed by atoms with Crippen molar-refractivity contribution in [3.63, 3.8) is 0 Å². The second-order valence-corrected chi connectivity index (χ2v) is 4.00. The summed E-state index contributed by atoms with van der Waals surface area (Å²) in [5.41, 5.74) is 7.73. The van der Waals surface area contributed by atoms with Crippen LogP contribution in [0.5, 0.6) is 5.75 Å². The van der Waals surface area contributed by atoms with Gasteiger partial charge in [0, 0.05) is 26.1 Å². The van der Waals surface area contributed by atoms with Crippen molar-refractivity contribution in [1.29, 1.82) is 0 Å². The number of rotatable bonds is 3. The smallest absolute Gasteiger partial charge is 0.315 e. The fraction of sp³-hybridized carbons (Fsp3) is 0.0769. The number of aromatic nitrogens is 1. The molecule has 0 amide bonds. The van der Waals surface area contributed by atoms with Gasteiger partial charge in [0.25, 0.3) is 0 Å². The molecule has 0 saturated carbocycles. The summed E-state index contributed by atoms with van der Waals surface area (Å²) in [6.45, 7) is 0. The molecule has 98 valence electrons. The van der Waals surface area contributed by atoms with E-state index in [1.807, 2.05) is 6.07 Å². The molecule has 0 saturated heterocycles. The van der Waals surface area contributed by atoms with Crippen LogP contribution in [0.25, 0.3) is 5.73 Å². The summed E-state index contributed by atoms with van der Waals surface area (Å²) < 4.78 is 5.11. The van der Waals surface area contributed by atoms with Crippen LogP contribution in [0.15, 0.2) is 42.5 Å². The molecular formula is C13H10ClN2O2W-. The fourth-order valence-electron chi connectivity index (χ4n) is 1.40. The third-order valence-corrected chi connectivity index (χ3v) is 2.55. The largest absolute Gasteiger partial charge is 0.482 e. The number of esters is 1. The van der Waals surface area contributed by atoms with Gasteiger partial charge in [0.15, 0.2) is 0 Å². The average Bonchev–Trinajstić information content (AvgIpc) is 2.35. The predicted molar refractivity (Wildman–Crippen MR) is 69.0 cm³/mol. The number of ether oxygens (including phenoxy) is 1. The topological polar surface area (TPSA) is 63.0 Å². The molecule has 1 N–H and O–H groups in total. The number of hydrogen-bond donors (Lipinski definition) is 0. The van der Waals surface area contributed by atoms with Gasteiger partial charge in [0.05, 0.1) is 6.42 Å². The summed E-state index contributed by atoms with van der Waals surface area (Å²) >= 11 is 5.89. The monoisotopic (exact) mass is 445 g/mol. The van der Waals surface area contributed by atoms with Crippen LogP contribution in [0, 0.1) is 0 Å². The summed E-state index contributed by atoms with van der Waals surface area (Å²) in [5, 5.41) is 0.357. The van der Waals surface area contributed by atoms with Crippen molar-refractivity contribution < 1.29 is 30.6 Å². The van der Waals surface area contributed by atoms with Crippen LogP contribution in [0.3, 0.4) is 0 Å². The average molecular weight is 446 g/mol. The van der Waals surface area contributed by atoms with Crippen LogP contribution in [-0.4, -0.2) is 11.0 Å². The normalized spacial score (nSPS) is 9.53. The second-order valence-electron chi connectivity index (χ2n) is 3.59. The molecule has 1 aromatic carbocycles. The Balaban J connectivity index is 0.00000180. The third-order valence-electron chi connectivity index (χ3n) is 2.21. The minimum Gasteiger partial charge on any atom is -0.482 e. The van der Waals surface area contributed by atoms with E-state index in [0.29, 0.717) is 16.5 Å². The van der Waals surface area contributed by atoms with Gasteiger partial charge in [-0.2, -0.15) is 0 Å². The van der Waals surface area contributed by atoms with E-state index in [4.69, 9.17) is 22.1 Å². The molecule has 0 radical (unpaired) electrons. The van der Waals surface area contributed by atoms with Gasteiger partial charge in [0.1, 0.15) is 5.75 Å². The van der Waals surface area contributed by atoms with Crippen molar-refractivity contribution >= 4 is 23.4 Å². The quantitative estimate of drug-likeness (QED) is 0.536. The molecule has 1 aromatic heterocycles. The number of carbonyl (C=O) groups is 1. The maximum Gasteiger partial charge on any atom is 0.315 e. The zero-order valence-corrected chi connectivity index (χ0v) is 13.5. The van der Waals surface area contributed by atoms with E-state index >= 15 is 0 Å². The van der Waals surface area contributed by atoms with Gasteiger partial charge < -0.3 is 15.5 Å². The second kappa shape index (κ2) is 7.27. The van der Waals surface area contributed by atoms with Crippen LogP contribution in [0.1, 0.15) is 5.69 Å². The van der Waals surface area contributed by atoms with E-state index in [1.165, 1.54) is 6.07 Å². The summed E-state index contributed by atoms with van der Waals surface area (Å²) in [7, 11) is 0. The van der Waals surface area contributed by atoms with Gasteiger partial charge in [0.2, 0.25) is 0 Å². The van der Waals surface area contributed by atoms with Crippen molar-refractivity contribution in [1.82, 2.24) is 4.98 Å². The maximum atomic E-state index is 11.7. The van der Waals surface area contributed by atoms with Crippen LogP contribution >= 0.6 is 11.6 Å². The molecule has 0 spiro atoms. The van der Waals surface area contributed by atoms with Crippen LogP contribution < -0.4 is 4.74 Å². The number of benzene rings is 1. The Morgan fingerprint density at radius 3 is 2.58 bits per heavy atom. The summed E-state index contributed by atoms with van der Waals surface area (Å²) in [6, 6.07) is 11.8. The Morgan fingerprint density at radius 2 is 1.89 bits per heavy atom. The van der Waals surface area contributed by atoms with Gasteiger partial charge in [-0.1, -0.05) is 41.7 Å². The van der Waals surface area contributed by atoms with E-state index < -0.39 is 5.97 Å². The number of carbonyl (C=O) groups excluding carboxylic acids is 1. The number of nitrogens with one attached hydrogen (secondary N) is 1. The maximum absolute atomic E-state index is 11.7. The van der Waals surface area contributed by atoms with Gasteiger partial charge in [-0.3, -0.25) is 4.79 Å². The van der Waals surface area contributed by atoms with Gasteiger partial charge >= 0.3 is 5.97 Å². The fourth-order valence-corrected chi connectivity index (χ4v) is 1.57. The van der Waals surface area contributed by atoms with E-state index in [9.17, 15) is 4.79 Å². The Bertz CT molecular complexity index is 564. The van der Waals surface area contributed by atoms with Crippen LogP contribution in [0.4, 0.5) is 5.82 Å². The number of hydrogen-bond acceptors (Lipinski definition) is 3. The first-order valence-electron chi connectivity index (χ1n) is 5.28. The van der Waals surface area contributed by atoms with E-state index in [2.05, 4.69) is 4.98 Å². The molecule has 0 atom stereocenters. The first kappa shape index (κ1) is 15.7. The van der Waals surface area contributed by atoms with Crippen LogP contribution in [0.2, 0.25) is 5.02 Å². The van der Waals surface area contributed by atoms with Gasteiger partial charge in [-0.15, -0.1) is 0 Å². The molecule has 1 heterocycles. The summed E-state index contributed by atoms with van der Waals surface area (Å²) in [6.07, 6.45) is -0.0551. The zero-order chi connectivity index (χ0) is 13.0. The van der Waals surface area contributed by atoms with Crippen molar-refractivity contribution in [2.24, 2.45) is 0 Å². The molecule has 19 heavy (non-hydrogen) atoms. The first-order chi connectivity index (χ1) is 8.65. The number of nitrogens with zero attached hydrogens (tertiary/aromatic N) is 1. The van der Waals surface area contributed by atoms with E-state index in [-0.39, 0.29) is 33.3 Å². The predicted octanol–water partition coefficient (Wildman–Crippen LogP) is 3.56. The molecule has 0 bridgehead atoms. The Hall–Kier alpha value is -1.38. The number of para-hydroxylation sites is 1. The van der Waals surface area contributed by atoms with Crippen molar-refractivity contribution in [2.45, 2.75) is 6.42 Å². The SMILES string of the molecule is [NH-]c1ccc(Cl)c(CC(=O)Oc2ccccc2)n1.[W]. The molecule has 2 aromatic rings. The molecule has 0 fully saturated rings. The van der Waals surface area contributed by atoms with E-state index in [1.54, 1.807) is 30.3 Å². The Labute approximate surface area is 130 Å². The zero-order valence-electron chi connectivity index (χ0n) is 9.80. The van der Waals surface area contributed by atoms with Gasteiger partial charge in [-0.25, -0.2) is 0 Å². The number of halogens is 1. The molecule has 0 aliphatic rings. The minimum atomic E-state index is -0.457. The van der Waals surface area contributed by atoms with Crippen molar-refractivity contribution in [3.05, 3.63) is 58.9 Å². The Kier molecular flexibility index (Phi) is 6.00. The van der Waals surface area contributed by atoms with Crippen molar-refractivity contribution in [3.8, 4) is 5.75 Å². The number of pyridine rings is 1.